The van der Waals surface area contributed by atoms with E-state index >= 15 is 0 Å². The maximum Gasteiger partial charge on any atom is 0.251 e. The van der Waals surface area contributed by atoms with E-state index < -0.39 is 6.79 Å². The number of nitriles is 2. The fourth-order valence-corrected chi connectivity index (χ4v) is 0. The van der Waals surface area contributed by atoms with Crippen molar-refractivity contribution in [3.63, 3.8) is 0 Å². The van der Waals surface area contributed by atoms with Crippen LogP contribution in [0, 0.1) is 37.3 Å². The van der Waals surface area contributed by atoms with Gasteiger partial charge in [-0.05, 0) is 0 Å². The molecular weight excluding hydrogens is 474 g/mol. The Hall–Kier alpha value is 0.708. The van der Waals surface area contributed by atoms with Crippen molar-refractivity contribution in [2.24, 2.45) is 0 Å². The van der Waals surface area contributed by atoms with Crippen LogP contribution in [0.25, 0.3) is 0 Å². The van der Waals surface area contributed by atoms with Gasteiger partial charge < -0.3 is 19.7 Å². The Morgan fingerprint density at radius 3 is 0.600 bits per heavy atom. The quantitative estimate of drug-likeness (QED) is 0.196. The maximum atomic E-state index is 7.34. The Labute approximate surface area is 216 Å². The Bertz CT molecular complexity index is 119. The van der Waals surface area contributed by atoms with Gasteiger partial charge in [-0.3, -0.25) is 0 Å². The third-order valence-electron chi connectivity index (χ3n) is 0.129. The van der Waals surface area contributed by atoms with Crippen LogP contribution in [0.4, 0.5) is 0 Å². The predicted octanol–water partition coefficient (Wildman–Crippen LogP) is 7.11. The molecule has 2 N–H and O–H groups in total. The average Bonchev–Trinajstić information content (AvgIpc) is 2.06. The largest absolute Gasteiger partial charge is 0.602 e. The van der Waals surface area contributed by atoms with Crippen LogP contribution in [0.3, 0.4) is 0 Å². The second-order valence-corrected chi connectivity index (χ2v) is 0.613. The molecule has 0 aliphatic rings. The molecule has 0 aromatic carbocycles. The second kappa shape index (κ2) is 426. The van der Waals surface area contributed by atoms with E-state index in [0.29, 0.717) is 0 Å². The maximum absolute atomic E-state index is 7.34. The van der Waals surface area contributed by atoms with E-state index in [9.17, 15) is 0 Å². The zero-order valence-corrected chi connectivity index (χ0v) is 12.6. The van der Waals surface area contributed by atoms with E-state index in [1.165, 1.54) is 12.5 Å². The minimum atomic E-state index is -0.750. The van der Waals surface area contributed by atoms with Crippen LogP contribution in [-0.4, -0.2) is 17.0 Å². The van der Waals surface area contributed by atoms with E-state index in [1.54, 1.807) is 0 Å². The Morgan fingerprint density at radius 1 is 0.560 bits per heavy atom. The molecule has 0 rings (SSSR count). The summed E-state index contributed by atoms with van der Waals surface area (Å²) in [4.78, 5) is 0. The molecule has 25 heavy (non-hydrogen) atoms. The van der Waals surface area contributed by atoms with Crippen molar-refractivity contribution in [3.05, 3.63) is 14.2 Å². The van der Waals surface area contributed by atoms with Gasteiger partial charge in [-0.2, -0.15) is 24.7 Å². The van der Waals surface area contributed by atoms with E-state index in [4.69, 9.17) is 20.7 Å². The number of ether oxygens (including phenoxy) is 2. The van der Waals surface area contributed by atoms with Crippen LogP contribution in [-0.2, 0) is 74.9 Å². The molecule has 0 spiro atoms. The normalized spacial score (nSPS) is 2.00. The first-order valence-electron chi connectivity index (χ1n) is 2.07. The molecule has 0 atom stereocenters. The van der Waals surface area contributed by atoms with Crippen LogP contribution < -0.4 is 0 Å². The van der Waals surface area contributed by atoms with E-state index in [2.05, 4.69) is 23.7 Å². The van der Waals surface area contributed by atoms with Crippen LogP contribution in [0.15, 0.2) is 0 Å². The Balaban J connectivity index is -0.00000000201. The predicted molar refractivity (Wildman–Crippen MR) is 114 cm³/mol. The number of aliphatic hydroxyl groups is 2. The van der Waals surface area contributed by atoms with Gasteiger partial charge >= 0.3 is 0 Å². The van der Waals surface area contributed by atoms with Crippen molar-refractivity contribution < 1.29 is 85.1 Å². The van der Waals surface area contributed by atoms with Crippen LogP contribution >= 0.6 is 0 Å². The summed E-state index contributed by atoms with van der Waals surface area (Å²) < 4.78 is 7.19. The summed E-state index contributed by atoms with van der Waals surface area (Å²) in [6.45, 7) is -0.750. The average molecular weight is 530 g/mol. The van der Waals surface area contributed by atoms with Crippen molar-refractivity contribution in [2.45, 2.75) is 89.1 Å². The molecule has 0 saturated carbocycles. The van der Waals surface area contributed by atoms with Crippen molar-refractivity contribution in [3.8, 4) is 12.5 Å². The van der Waals surface area contributed by atoms with Gasteiger partial charge in [-0.25, -0.2) is 0 Å². The smallest absolute Gasteiger partial charge is 0.251 e. The molecule has 0 heterocycles. The van der Waals surface area contributed by atoms with Crippen LogP contribution in [0.2, 0.25) is 0 Å². The molecule has 2 radical (unpaired) electrons. The van der Waals surface area contributed by atoms with Crippen LogP contribution in [0.5, 0.6) is 0 Å². The third-order valence-corrected chi connectivity index (χ3v) is 0.129. The SMILES string of the molecule is C.C.C.C.C.C.C.C.C.C.C.C.OCO.[CH2-]OC#N.[CH2-]OC#N.[Y].[Y]. The van der Waals surface area contributed by atoms with E-state index in [0.717, 1.165) is 0 Å². The van der Waals surface area contributed by atoms with E-state index in [1.807, 2.05) is 0 Å². The Kier molecular flexibility index (Phi) is 3530. The summed E-state index contributed by atoms with van der Waals surface area (Å²) in [5.41, 5.74) is 0. The van der Waals surface area contributed by atoms with Gasteiger partial charge in [0.15, 0.2) is 0 Å². The second-order valence-electron chi connectivity index (χ2n) is 0.613. The number of aliphatic hydroxyl groups excluding tert-OH is 1. The number of rotatable bonds is 0. The zero-order chi connectivity index (χ0) is 9.54. The molecular formula is C17H56N2O4Y2-2. The van der Waals surface area contributed by atoms with Gasteiger partial charge in [-0.15, -0.1) is 0 Å². The summed E-state index contributed by atoms with van der Waals surface area (Å²) >= 11 is 0. The number of hydrogen-bond acceptors (Lipinski definition) is 6. The van der Waals surface area contributed by atoms with Gasteiger partial charge in [-0.1, -0.05) is 89.1 Å². The monoisotopic (exact) mass is 530 g/mol. The summed E-state index contributed by atoms with van der Waals surface area (Å²) in [5, 5.41) is 28.9. The topological polar surface area (TPSA) is 106 Å². The molecule has 8 heteroatoms. The van der Waals surface area contributed by atoms with Crippen molar-refractivity contribution >= 4 is 0 Å². The van der Waals surface area contributed by atoms with Gasteiger partial charge in [0.2, 0.25) is 0 Å². The van der Waals surface area contributed by atoms with Gasteiger partial charge in [0.05, 0.1) is 0 Å². The molecule has 0 fully saturated rings. The summed E-state index contributed by atoms with van der Waals surface area (Å²) in [5.74, 6) is 0. The number of hydrogen-bond donors (Lipinski definition) is 2. The molecule has 0 aliphatic carbocycles. The molecule has 0 unspecified atom stereocenters. The molecule has 0 aromatic rings. The summed E-state index contributed by atoms with van der Waals surface area (Å²) in [6, 6.07) is 0. The molecule has 6 nitrogen and oxygen atoms in total. The molecule has 0 aromatic heterocycles. The molecule has 166 valence electrons. The first-order valence-corrected chi connectivity index (χ1v) is 2.07. The van der Waals surface area contributed by atoms with Crippen molar-refractivity contribution in [1.82, 2.24) is 0 Å². The first kappa shape index (κ1) is 207. The standard InChI is InChI=1S/2C2H2NO.CH4O2.12CH4.2Y/c2*1-4-2-3;2-1-3;;;;;;;;;;;;;;/h2*1H2;2-3H,1H2;12*1H4;;/q2*-1;;;;;;;;;;;;;;;. The summed E-state index contributed by atoms with van der Waals surface area (Å²) in [7, 11) is 5.49. The van der Waals surface area contributed by atoms with Gasteiger partial charge in [0, 0.05) is 65.4 Å². The fraction of sp³-hybridized carbons (Fsp3) is 0.765. The van der Waals surface area contributed by atoms with Crippen molar-refractivity contribution in [2.75, 3.05) is 6.79 Å². The zero-order valence-electron chi connectivity index (χ0n) is 6.88. The number of nitrogens with zero attached hydrogens (tertiary/aromatic N) is 2. The first-order chi connectivity index (χ1) is 5.24. The fourth-order valence-electron chi connectivity index (χ4n) is 0. The van der Waals surface area contributed by atoms with Gasteiger partial charge in [0.1, 0.15) is 6.79 Å². The minimum Gasteiger partial charge on any atom is -0.602 e. The van der Waals surface area contributed by atoms with E-state index in [-0.39, 0.29) is 155 Å². The molecule has 0 bridgehead atoms. The van der Waals surface area contributed by atoms with Crippen molar-refractivity contribution in [1.29, 1.82) is 10.5 Å². The molecule has 0 aliphatic heterocycles. The third kappa shape index (κ3) is 1740. The molecule has 0 saturated heterocycles. The van der Waals surface area contributed by atoms with Gasteiger partial charge in [0.25, 0.3) is 12.5 Å². The Morgan fingerprint density at radius 2 is 0.600 bits per heavy atom. The molecule has 0 amide bonds. The minimum absolute atomic E-state index is 0. The summed E-state index contributed by atoms with van der Waals surface area (Å²) in [6.07, 6.45) is 2.64. The van der Waals surface area contributed by atoms with Crippen LogP contribution in [0.1, 0.15) is 89.1 Å².